The minimum absolute atomic E-state index is 0. The van der Waals surface area contributed by atoms with Gasteiger partial charge in [0.2, 0.25) is 0 Å². The molecule has 0 amide bonds. The lowest BCUT2D eigenvalue weighted by Gasteiger charge is -2.37. The van der Waals surface area contributed by atoms with Crippen LogP contribution in [0.3, 0.4) is 0 Å². The van der Waals surface area contributed by atoms with Crippen LogP contribution in [0.5, 0.6) is 5.75 Å². The maximum Gasteiger partial charge on any atom is 0.191 e. The number of aliphatic imine (C=N–C) groups is 1. The van der Waals surface area contributed by atoms with E-state index < -0.39 is 0 Å². The quantitative estimate of drug-likeness (QED) is 0.226. The summed E-state index contributed by atoms with van der Waals surface area (Å²) in [5, 5.41) is 16.2. The van der Waals surface area contributed by atoms with Gasteiger partial charge in [-0.2, -0.15) is 0 Å². The molecule has 3 N–H and O–H groups in total. The first-order valence-electron chi connectivity index (χ1n) is 9.64. The number of aromatic hydroxyl groups is 1. The predicted octanol–water partition coefficient (Wildman–Crippen LogP) is 2.46. The Morgan fingerprint density at radius 2 is 1.85 bits per heavy atom. The van der Waals surface area contributed by atoms with Gasteiger partial charge in [0.15, 0.2) is 5.96 Å². The largest absolute Gasteiger partial charge is 0.508 e. The first-order chi connectivity index (χ1) is 12.6. The van der Waals surface area contributed by atoms with E-state index in [1.54, 1.807) is 12.1 Å². The van der Waals surface area contributed by atoms with Gasteiger partial charge in [0.25, 0.3) is 0 Å². The van der Waals surface area contributed by atoms with Gasteiger partial charge >= 0.3 is 0 Å². The fourth-order valence-electron chi connectivity index (χ4n) is 3.28. The summed E-state index contributed by atoms with van der Waals surface area (Å²) in [7, 11) is 1.81. The third-order valence-electron chi connectivity index (χ3n) is 4.86. The molecule has 0 spiro atoms. The SMILES string of the molecule is CN=C(NCCCc1ccc(O)cc1)NCC(C(C)C)N1CCOCC1.I. The smallest absolute Gasteiger partial charge is 0.191 e. The summed E-state index contributed by atoms with van der Waals surface area (Å²) in [4.78, 5) is 6.85. The fraction of sp³-hybridized carbons (Fsp3) is 0.650. The van der Waals surface area contributed by atoms with Crippen LogP contribution < -0.4 is 10.6 Å². The fourth-order valence-corrected chi connectivity index (χ4v) is 3.28. The van der Waals surface area contributed by atoms with Crippen molar-refractivity contribution in [3.05, 3.63) is 29.8 Å². The average molecular weight is 490 g/mol. The number of benzene rings is 1. The van der Waals surface area contributed by atoms with E-state index in [1.165, 1.54) is 5.56 Å². The number of hydrogen-bond donors (Lipinski definition) is 3. The van der Waals surface area contributed by atoms with Crippen molar-refractivity contribution in [1.82, 2.24) is 15.5 Å². The van der Waals surface area contributed by atoms with Crippen molar-refractivity contribution in [2.75, 3.05) is 46.4 Å². The van der Waals surface area contributed by atoms with Crippen LogP contribution in [0, 0.1) is 5.92 Å². The van der Waals surface area contributed by atoms with E-state index in [4.69, 9.17) is 4.74 Å². The van der Waals surface area contributed by atoms with Crippen LogP contribution in [0.4, 0.5) is 0 Å². The Balaban J connectivity index is 0.00000364. The molecule has 0 bridgehead atoms. The molecule has 0 aliphatic carbocycles. The minimum Gasteiger partial charge on any atom is -0.508 e. The van der Waals surface area contributed by atoms with Crippen molar-refractivity contribution >= 4 is 29.9 Å². The molecule has 1 atom stereocenters. The van der Waals surface area contributed by atoms with E-state index in [0.717, 1.165) is 58.2 Å². The molecular weight excluding hydrogens is 455 g/mol. The number of hydrogen-bond acceptors (Lipinski definition) is 4. The first-order valence-corrected chi connectivity index (χ1v) is 9.64. The number of nitrogens with one attached hydrogen (secondary N) is 2. The number of morpholine rings is 1. The number of ether oxygens (including phenoxy) is 1. The van der Waals surface area contributed by atoms with Crippen molar-refractivity contribution in [3.63, 3.8) is 0 Å². The molecule has 1 heterocycles. The molecule has 27 heavy (non-hydrogen) atoms. The highest BCUT2D eigenvalue weighted by atomic mass is 127. The third-order valence-corrected chi connectivity index (χ3v) is 4.86. The van der Waals surface area contributed by atoms with Crippen LogP contribution in [-0.4, -0.2) is 68.4 Å². The zero-order valence-corrected chi connectivity index (χ0v) is 19.1. The Labute approximate surface area is 180 Å². The summed E-state index contributed by atoms with van der Waals surface area (Å²) in [5.74, 6) is 1.75. The molecule has 1 aliphatic rings. The summed E-state index contributed by atoms with van der Waals surface area (Å²) >= 11 is 0. The van der Waals surface area contributed by atoms with Crippen molar-refractivity contribution < 1.29 is 9.84 Å². The van der Waals surface area contributed by atoms with Gasteiger partial charge in [-0.1, -0.05) is 26.0 Å². The van der Waals surface area contributed by atoms with Gasteiger partial charge in [-0.05, 0) is 36.5 Å². The van der Waals surface area contributed by atoms with Gasteiger partial charge < -0.3 is 20.5 Å². The summed E-state index contributed by atoms with van der Waals surface area (Å²) in [6, 6.07) is 7.90. The molecule has 0 radical (unpaired) electrons. The summed E-state index contributed by atoms with van der Waals surface area (Å²) in [6.07, 6.45) is 2.00. The molecule has 1 fully saturated rings. The molecule has 0 aromatic heterocycles. The summed E-state index contributed by atoms with van der Waals surface area (Å²) in [5.41, 5.74) is 1.24. The molecule has 7 heteroatoms. The number of nitrogens with zero attached hydrogens (tertiary/aromatic N) is 2. The number of halogens is 1. The van der Waals surface area contributed by atoms with Crippen LogP contribution >= 0.6 is 24.0 Å². The molecule has 1 saturated heterocycles. The standard InChI is InChI=1S/C20H34N4O2.HI/c1-16(2)19(24-11-13-26-14-12-24)15-23-20(21-3)22-10-4-5-17-6-8-18(25)9-7-17;/h6-9,16,19,25H,4-5,10-15H2,1-3H3,(H2,21,22,23);1H. The minimum atomic E-state index is 0. The molecule has 0 saturated carbocycles. The van der Waals surface area contributed by atoms with Crippen LogP contribution in [0.15, 0.2) is 29.3 Å². The molecule has 6 nitrogen and oxygen atoms in total. The van der Waals surface area contributed by atoms with Crippen LogP contribution in [0.2, 0.25) is 0 Å². The third kappa shape index (κ3) is 8.66. The number of phenols is 1. The van der Waals surface area contributed by atoms with Crippen molar-refractivity contribution in [2.45, 2.75) is 32.7 Å². The van der Waals surface area contributed by atoms with Gasteiger partial charge in [0, 0.05) is 39.3 Å². The Bertz CT molecular complexity index is 545. The maximum atomic E-state index is 9.32. The Morgan fingerprint density at radius 3 is 2.44 bits per heavy atom. The lowest BCUT2D eigenvalue weighted by molar-refractivity contribution is 0.00752. The zero-order valence-electron chi connectivity index (χ0n) is 16.8. The lowest BCUT2D eigenvalue weighted by atomic mass is 10.0. The van der Waals surface area contributed by atoms with Gasteiger partial charge in [0.1, 0.15) is 5.75 Å². The monoisotopic (exact) mass is 490 g/mol. The van der Waals surface area contributed by atoms with Crippen molar-refractivity contribution in [1.29, 1.82) is 0 Å². The van der Waals surface area contributed by atoms with Crippen molar-refractivity contribution in [2.24, 2.45) is 10.9 Å². The number of guanidine groups is 1. The molecule has 1 aromatic carbocycles. The van der Waals surface area contributed by atoms with Gasteiger partial charge in [-0.25, -0.2) is 0 Å². The number of aryl methyl sites for hydroxylation is 1. The Kier molecular flexibility index (Phi) is 11.7. The molecule has 1 aromatic rings. The second kappa shape index (κ2) is 13.2. The summed E-state index contributed by atoms with van der Waals surface area (Å²) in [6.45, 7) is 9.96. The van der Waals surface area contributed by atoms with Crippen LogP contribution in [0.1, 0.15) is 25.8 Å². The van der Waals surface area contributed by atoms with Crippen molar-refractivity contribution in [3.8, 4) is 5.75 Å². The van der Waals surface area contributed by atoms with E-state index >= 15 is 0 Å². The second-order valence-corrected chi connectivity index (χ2v) is 7.11. The van der Waals surface area contributed by atoms with E-state index in [1.807, 2.05) is 19.2 Å². The molecule has 1 aliphatic heterocycles. The molecule has 1 unspecified atom stereocenters. The highest BCUT2D eigenvalue weighted by Gasteiger charge is 2.23. The molecular formula is C20H35IN4O2. The molecule has 154 valence electrons. The van der Waals surface area contributed by atoms with Crippen LogP contribution in [0.25, 0.3) is 0 Å². The van der Waals surface area contributed by atoms with E-state index in [-0.39, 0.29) is 24.0 Å². The second-order valence-electron chi connectivity index (χ2n) is 7.11. The zero-order chi connectivity index (χ0) is 18.8. The molecule has 2 rings (SSSR count). The predicted molar refractivity (Wildman–Crippen MR) is 122 cm³/mol. The topological polar surface area (TPSA) is 69.1 Å². The average Bonchev–Trinajstić information content (AvgIpc) is 2.65. The van der Waals surface area contributed by atoms with E-state index in [9.17, 15) is 5.11 Å². The highest BCUT2D eigenvalue weighted by molar-refractivity contribution is 14.0. The normalized spacial score (nSPS) is 16.7. The highest BCUT2D eigenvalue weighted by Crippen LogP contribution is 2.12. The Morgan fingerprint density at radius 1 is 1.19 bits per heavy atom. The van der Waals surface area contributed by atoms with Crippen LogP contribution in [-0.2, 0) is 11.2 Å². The number of phenolic OH excluding ortho intramolecular Hbond substituents is 1. The van der Waals surface area contributed by atoms with Gasteiger partial charge in [-0.15, -0.1) is 24.0 Å². The van der Waals surface area contributed by atoms with Gasteiger partial charge in [0.05, 0.1) is 13.2 Å². The number of rotatable bonds is 8. The first kappa shape index (κ1) is 24.0. The summed E-state index contributed by atoms with van der Waals surface area (Å²) < 4.78 is 5.47. The van der Waals surface area contributed by atoms with E-state index in [2.05, 4.69) is 34.4 Å². The Hall–Kier alpha value is -1.06. The lowest BCUT2D eigenvalue weighted by Crippen LogP contribution is -2.52. The maximum absolute atomic E-state index is 9.32. The van der Waals surface area contributed by atoms with Gasteiger partial charge in [-0.3, -0.25) is 9.89 Å². The van der Waals surface area contributed by atoms with E-state index in [0.29, 0.717) is 17.7 Å².